The summed E-state index contributed by atoms with van der Waals surface area (Å²) in [6, 6.07) is 13.4. The van der Waals surface area contributed by atoms with Crippen LogP contribution in [-0.4, -0.2) is 52.6 Å². The zero-order valence-corrected chi connectivity index (χ0v) is 21.1. The molecule has 1 aromatic heterocycles. The minimum absolute atomic E-state index is 0.0345. The highest BCUT2D eigenvalue weighted by Crippen LogP contribution is 2.46. The van der Waals surface area contributed by atoms with E-state index in [9.17, 15) is 9.59 Å². The first-order valence-corrected chi connectivity index (χ1v) is 13.7. The van der Waals surface area contributed by atoms with Crippen LogP contribution in [0, 0.1) is 24.6 Å². The Bertz CT molecular complexity index is 1450. The molecule has 4 aliphatic rings. The van der Waals surface area contributed by atoms with Crippen LogP contribution in [0.3, 0.4) is 0 Å². The minimum Gasteiger partial charge on any atom is -0.342 e. The van der Waals surface area contributed by atoms with Gasteiger partial charge in [0.15, 0.2) is 0 Å². The summed E-state index contributed by atoms with van der Waals surface area (Å²) in [5.74, 6) is 1.01. The fraction of sp³-hybridized carbons (Fsp3) is 0.414. The third kappa shape index (κ3) is 3.67. The number of amides is 2. The van der Waals surface area contributed by atoms with Crippen LogP contribution in [0.4, 0.5) is 4.39 Å². The maximum absolute atomic E-state index is 15.5. The lowest BCUT2D eigenvalue weighted by Crippen LogP contribution is -2.41. The number of likely N-dealkylation sites (tertiary alicyclic amines) is 1. The van der Waals surface area contributed by atoms with Crippen LogP contribution in [-0.2, 0) is 9.59 Å². The molecule has 2 aliphatic heterocycles. The lowest BCUT2D eigenvalue weighted by atomic mass is 10.0. The van der Waals surface area contributed by atoms with Gasteiger partial charge in [-0.1, -0.05) is 18.2 Å². The molecule has 1 atom stereocenters. The second-order valence-corrected chi connectivity index (χ2v) is 12.2. The molecule has 3 fully saturated rings. The van der Waals surface area contributed by atoms with E-state index in [-0.39, 0.29) is 29.5 Å². The Hall–Kier alpha value is -3.06. The van der Waals surface area contributed by atoms with Gasteiger partial charge in [0.25, 0.3) is 5.91 Å². The average Bonchev–Trinajstić information content (AvgIpc) is 3.76. The van der Waals surface area contributed by atoms with Crippen molar-refractivity contribution in [3.05, 3.63) is 58.7 Å². The normalized spacial score (nSPS) is 22.7. The number of amidine groups is 1. The van der Waals surface area contributed by atoms with E-state index in [1.54, 1.807) is 22.3 Å². The highest BCUT2D eigenvalue weighted by molar-refractivity contribution is 7.19. The molecular weight excluding hydrogens is 473 g/mol. The van der Waals surface area contributed by atoms with Crippen molar-refractivity contribution < 1.29 is 14.0 Å². The summed E-state index contributed by atoms with van der Waals surface area (Å²) in [5, 5.41) is 1.12. The monoisotopic (exact) mass is 501 g/mol. The third-order valence-corrected chi connectivity index (χ3v) is 9.12. The SMILES string of the molecule is Cc1cc2cc(-c3ccc(C4=NC5(CC5)C(=O)N4C[C@@H]4CCN(C(=O)C5CC5)C4)cc3F)ccc2s1. The van der Waals surface area contributed by atoms with Gasteiger partial charge in [-0.3, -0.25) is 19.5 Å². The van der Waals surface area contributed by atoms with Crippen LogP contribution in [0.15, 0.2) is 47.5 Å². The van der Waals surface area contributed by atoms with Crippen molar-refractivity contribution in [3.63, 3.8) is 0 Å². The van der Waals surface area contributed by atoms with Crippen LogP contribution >= 0.6 is 11.3 Å². The second kappa shape index (κ2) is 7.97. The van der Waals surface area contributed by atoms with Gasteiger partial charge >= 0.3 is 0 Å². The Morgan fingerprint density at radius 2 is 1.92 bits per heavy atom. The van der Waals surface area contributed by atoms with Gasteiger partial charge in [-0.25, -0.2) is 4.39 Å². The molecule has 5 nitrogen and oxygen atoms in total. The van der Waals surface area contributed by atoms with E-state index >= 15 is 4.39 Å². The summed E-state index contributed by atoms with van der Waals surface area (Å²) in [7, 11) is 0. The van der Waals surface area contributed by atoms with E-state index in [4.69, 9.17) is 4.99 Å². The maximum atomic E-state index is 15.5. The molecular formula is C29H28FN3O2S. The van der Waals surface area contributed by atoms with E-state index in [2.05, 4.69) is 13.0 Å². The molecule has 3 aromatic rings. The van der Waals surface area contributed by atoms with Crippen molar-refractivity contribution >= 4 is 39.1 Å². The fourth-order valence-electron chi connectivity index (χ4n) is 5.75. The number of rotatable bonds is 5. The van der Waals surface area contributed by atoms with Crippen LogP contribution in [0.5, 0.6) is 0 Å². The van der Waals surface area contributed by atoms with E-state index in [0.717, 1.165) is 49.6 Å². The number of benzene rings is 2. The van der Waals surface area contributed by atoms with E-state index in [1.165, 1.54) is 15.6 Å². The number of aryl methyl sites for hydroxylation is 1. The number of carbonyl (C=O) groups is 2. The summed E-state index contributed by atoms with van der Waals surface area (Å²) in [4.78, 5) is 35.6. The number of carbonyl (C=O) groups excluding carboxylic acids is 2. The van der Waals surface area contributed by atoms with Crippen molar-refractivity contribution in [2.75, 3.05) is 19.6 Å². The highest BCUT2D eigenvalue weighted by atomic mass is 32.1. The zero-order chi connectivity index (χ0) is 24.6. The van der Waals surface area contributed by atoms with Gasteiger partial charge in [-0.15, -0.1) is 11.3 Å². The number of aliphatic imine (C=N–C) groups is 1. The van der Waals surface area contributed by atoms with Crippen LogP contribution < -0.4 is 0 Å². The van der Waals surface area contributed by atoms with Gasteiger partial charge in [0.05, 0.1) is 0 Å². The third-order valence-electron chi connectivity index (χ3n) is 8.09. The molecule has 2 aliphatic carbocycles. The number of hydrogen-bond acceptors (Lipinski definition) is 4. The number of halogens is 1. The molecule has 1 saturated heterocycles. The van der Waals surface area contributed by atoms with Gasteiger partial charge in [-0.2, -0.15) is 0 Å². The maximum Gasteiger partial charge on any atom is 0.256 e. The summed E-state index contributed by atoms with van der Waals surface area (Å²) >= 11 is 1.74. The number of fused-ring (bicyclic) bond motifs is 1. The van der Waals surface area contributed by atoms with Gasteiger partial charge in [-0.05, 0) is 80.2 Å². The summed E-state index contributed by atoms with van der Waals surface area (Å²) < 4.78 is 16.6. The molecule has 3 heterocycles. The first-order valence-electron chi connectivity index (χ1n) is 12.9. The predicted octanol–water partition coefficient (Wildman–Crippen LogP) is 5.40. The molecule has 7 heteroatoms. The Morgan fingerprint density at radius 1 is 1.11 bits per heavy atom. The lowest BCUT2D eigenvalue weighted by molar-refractivity contribution is -0.131. The summed E-state index contributed by atoms with van der Waals surface area (Å²) in [6.07, 6.45) is 4.41. The van der Waals surface area contributed by atoms with Gasteiger partial charge in [0.2, 0.25) is 5.91 Å². The summed E-state index contributed by atoms with van der Waals surface area (Å²) in [5.41, 5.74) is 1.39. The van der Waals surface area contributed by atoms with Crippen molar-refractivity contribution in [1.29, 1.82) is 0 Å². The first kappa shape index (κ1) is 22.2. The average molecular weight is 502 g/mol. The second-order valence-electron chi connectivity index (χ2n) is 10.9. The Morgan fingerprint density at radius 3 is 2.67 bits per heavy atom. The van der Waals surface area contributed by atoms with Crippen LogP contribution in [0.2, 0.25) is 0 Å². The molecule has 1 spiro atoms. The van der Waals surface area contributed by atoms with Gasteiger partial charge < -0.3 is 4.90 Å². The van der Waals surface area contributed by atoms with Gasteiger partial charge in [0.1, 0.15) is 17.2 Å². The van der Waals surface area contributed by atoms with E-state index in [1.807, 2.05) is 29.2 Å². The smallest absolute Gasteiger partial charge is 0.256 e. The lowest BCUT2D eigenvalue weighted by Gasteiger charge is -2.24. The highest BCUT2D eigenvalue weighted by Gasteiger charge is 2.57. The Balaban J connectivity index is 1.15. The standard InChI is InChI=1S/C29H28FN3O2S/c1-17-12-22-13-20(5-7-25(22)36-17)23-6-4-21(14-24(23)30)26-31-29(9-10-29)28(35)33(26)16-18-8-11-32(15-18)27(34)19-2-3-19/h4-7,12-14,18-19H,2-3,8-11,15-16H2,1H3/t18-/m1/s1. The number of thiophene rings is 1. The van der Waals surface area contributed by atoms with Crippen molar-refractivity contribution in [2.45, 2.75) is 44.6 Å². The first-order chi connectivity index (χ1) is 17.4. The van der Waals surface area contributed by atoms with Crippen molar-refractivity contribution in [1.82, 2.24) is 9.80 Å². The minimum atomic E-state index is -0.644. The molecule has 2 amide bonds. The molecule has 7 rings (SSSR count). The van der Waals surface area contributed by atoms with E-state index < -0.39 is 5.54 Å². The fourth-order valence-corrected chi connectivity index (χ4v) is 6.66. The molecule has 0 unspecified atom stereocenters. The quantitative estimate of drug-likeness (QED) is 0.470. The molecule has 0 N–H and O–H groups in total. The number of hydrogen-bond donors (Lipinski definition) is 0. The van der Waals surface area contributed by atoms with Crippen molar-refractivity contribution in [3.8, 4) is 11.1 Å². The zero-order valence-electron chi connectivity index (χ0n) is 20.3. The largest absolute Gasteiger partial charge is 0.342 e. The molecule has 36 heavy (non-hydrogen) atoms. The number of nitrogens with zero attached hydrogens (tertiary/aromatic N) is 3. The topological polar surface area (TPSA) is 53.0 Å². The predicted molar refractivity (Wildman–Crippen MR) is 140 cm³/mol. The Kier molecular flexibility index (Phi) is 4.91. The molecule has 0 bridgehead atoms. The summed E-state index contributed by atoms with van der Waals surface area (Å²) in [6.45, 7) is 4.06. The van der Waals surface area contributed by atoms with E-state index in [0.29, 0.717) is 30.1 Å². The van der Waals surface area contributed by atoms with Crippen LogP contribution in [0.25, 0.3) is 21.2 Å². The van der Waals surface area contributed by atoms with Crippen molar-refractivity contribution in [2.24, 2.45) is 16.8 Å². The Labute approximate surface area is 213 Å². The van der Waals surface area contributed by atoms with Gasteiger partial charge in [0, 0.05) is 46.3 Å². The molecule has 0 radical (unpaired) electrons. The molecule has 2 aromatic carbocycles. The molecule has 2 saturated carbocycles. The van der Waals surface area contributed by atoms with Crippen LogP contribution in [0.1, 0.15) is 42.5 Å². The molecule has 184 valence electrons.